The summed E-state index contributed by atoms with van der Waals surface area (Å²) in [7, 11) is 3.79. The molecular formula is C18H21N5OS. The Morgan fingerprint density at radius 3 is 2.76 bits per heavy atom. The molecule has 0 radical (unpaired) electrons. The number of anilines is 1. The van der Waals surface area contributed by atoms with Gasteiger partial charge in [-0.05, 0) is 14.0 Å². The van der Waals surface area contributed by atoms with Gasteiger partial charge in [0.25, 0.3) is 0 Å². The van der Waals surface area contributed by atoms with Gasteiger partial charge in [-0.3, -0.25) is 14.4 Å². The minimum absolute atomic E-state index is 0.0730. The number of aromatic nitrogens is 3. The molecule has 1 aromatic carbocycles. The summed E-state index contributed by atoms with van der Waals surface area (Å²) >= 11 is 1.44. The molecule has 0 saturated carbocycles. The minimum atomic E-state index is -0.0730. The maximum atomic E-state index is 12.2. The van der Waals surface area contributed by atoms with E-state index in [0.717, 1.165) is 16.8 Å². The Labute approximate surface area is 151 Å². The predicted molar refractivity (Wildman–Crippen MR) is 100 cm³/mol. The van der Waals surface area contributed by atoms with Crippen molar-refractivity contribution in [3.8, 4) is 11.3 Å². The maximum absolute atomic E-state index is 12.2. The van der Waals surface area contributed by atoms with Gasteiger partial charge in [0, 0.05) is 36.3 Å². The maximum Gasteiger partial charge on any atom is 0.240 e. The van der Waals surface area contributed by atoms with Gasteiger partial charge in [-0.2, -0.15) is 5.10 Å². The fourth-order valence-electron chi connectivity index (χ4n) is 2.51. The Bertz CT molecular complexity index is 852. The summed E-state index contributed by atoms with van der Waals surface area (Å²) in [6.07, 6.45) is 3.76. The molecule has 1 N–H and O–H groups in total. The number of carbonyl (C=O) groups excluding carboxylic acids is 1. The van der Waals surface area contributed by atoms with Gasteiger partial charge in [0.1, 0.15) is 0 Å². The van der Waals surface area contributed by atoms with E-state index in [4.69, 9.17) is 0 Å². The van der Waals surface area contributed by atoms with Crippen LogP contribution in [0.2, 0.25) is 0 Å². The zero-order valence-electron chi connectivity index (χ0n) is 14.6. The number of amides is 1. The molecule has 0 aliphatic carbocycles. The lowest BCUT2D eigenvalue weighted by molar-refractivity contribution is -0.117. The molecule has 0 saturated heterocycles. The summed E-state index contributed by atoms with van der Waals surface area (Å²) in [6, 6.07) is 8.19. The molecule has 0 fully saturated rings. The van der Waals surface area contributed by atoms with E-state index in [2.05, 4.69) is 34.5 Å². The molecule has 25 heavy (non-hydrogen) atoms. The van der Waals surface area contributed by atoms with E-state index < -0.39 is 0 Å². The van der Waals surface area contributed by atoms with Crippen LogP contribution >= 0.6 is 11.3 Å². The van der Waals surface area contributed by atoms with E-state index in [9.17, 15) is 4.79 Å². The third-order valence-electron chi connectivity index (χ3n) is 3.72. The predicted octanol–water partition coefficient (Wildman–Crippen LogP) is 2.92. The lowest BCUT2D eigenvalue weighted by Crippen LogP contribution is -2.29. The topological polar surface area (TPSA) is 63.1 Å². The number of hydrogen-bond donors (Lipinski definition) is 1. The third kappa shape index (κ3) is 4.74. The fourth-order valence-corrected chi connectivity index (χ4v) is 3.25. The molecule has 0 bridgehead atoms. The van der Waals surface area contributed by atoms with Crippen molar-refractivity contribution in [2.75, 3.05) is 18.9 Å². The Morgan fingerprint density at radius 2 is 2.08 bits per heavy atom. The normalized spacial score (nSPS) is 11.0. The van der Waals surface area contributed by atoms with E-state index in [0.29, 0.717) is 18.2 Å². The highest BCUT2D eigenvalue weighted by Gasteiger charge is 2.11. The van der Waals surface area contributed by atoms with Crippen molar-refractivity contribution in [2.45, 2.75) is 13.5 Å². The monoisotopic (exact) mass is 355 g/mol. The van der Waals surface area contributed by atoms with Gasteiger partial charge in [-0.1, -0.05) is 29.8 Å². The van der Waals surface area contributed by atoms with Crippen LogP contribution in [0.15, 0.2) is 42.0 Å². The van der Waals surface area contributed by atoms with Crippen LogP contribution in [0.4, 0.5) is 5.13 Å². The summed E-state index contributed by atoms with van der Waals surface area (Å²) in [4.78, 5) is 18.6. The van der Waals surface area contributed by atoms with Crippen LogP contribution in [0.3, 0.4) is 0 Å². The lowest BCUT2D eigenvalue weighted by atomic mass is 10.1. The molecule has 0 unspecified atom stereocenters. The molecule has 3 aromatic rings. The first-order chi connectivity index (χ1) is 12.0. The van der Waals surface area contributed by atoms with E-state index in [1.165, 1.54) is 16.9 Å². The van der Waals surface area contributed by atoms with Crippen molar-refractivity contribution in [2.24, 2.45) is 7.05 Å². The summed E-state index contributed by atoms with van der Waals surface area (Å²) in [5, 5.41) is 9.58. The van der Waals surface area contributed by atoms with Gasteiger partial charge in [0.05, 0.1) is 18.4 Å². The number of hydrogen-bond acceptors (Lipinski definition) is 5. The molecule has 0 aliphatic heterocycles. The molecule has 7 heteroatoms. The molecule has 2 aromatic heterocycles. The highest BCUT2D eigenvalue weighted by molar-refractivity contribution is 7.14. The van der Waals surface area contributed by atoms with Crippen molar-refractivity contribution in [1.82, 2.24) is 19.7 Å². The van der Waals surface area contributed by atoms with Crippen molar-refractivity contribution in [3.63, 3.8) is 0 Å². The van der Waals surface area contributed by atoms with Gasteiger partial charge in [0.2, 0.25) is 5.91 Å². The van der Waals surface area contributed by atoms with E-state index in [-0.39, 0.29) is 5.91 Å². The third-order valence-corrected chi connectivity index (χ3v) is 4.48. The second-order valence-electron chi connectivity index (χ2n) is 6.15. The van der Waals surface area contributed by atoms with Crippen molar-refractivity contribution >= 4 is 22.4 Å². The van der Waals surface area contributed by atoms with E-state index >= 15 is 0 Å². The second-order valence-corrected chi connectivity index (χ2v) is 7.00. The van der Waals surface area contributed by atoms with Gasteiger partial charge >= 0.3 is 0 Å². The van der Waals surface area contributed by atoms with Crippen molar-refractivity contribution < 1.29 is 4.79 Å². The number of rotatable bonds is 6. The number of aryl methyl sites for hydroxylation is 2. The number of carbonyl (C=O) groups is 1. The smallest absolute Gasteiger partial charge is 0.240 e. The van der Waals surface area contributed by atoms with Crippen LogP contribution in [0.25, 0.3) is 11.3 Å². The molecule has 130 valence electrons. The summed E-state index contributed by atoms with van der Waals surface area (Å²) < 4.78 is 1.76. The summed E-state index contributed by atoms with van der Waals surface area (Å²) in [5.41, 5.74) is 4.22. The first kappa shape index (κ1) is 17.3. The Kier molecular flexibility index (Phi) is 5.25. The quantitative estimate of drug-likeness (QED) is 0.738. The van der Waals surface area contributed by atoms with Crippen LogP contribution in [0.5, 0.6) is 0 Å². The average molecular weight is 355 g/mol. The molecule has 0 atom stereocenters. The van der Waals surface area contributed by atoms with Crippen LogP contribution in [0.1, 0.15) is 11.1 Å². The SMILES string of the molecule is Cc1ccc(-c2csc(NC(=O)CN(C)Cc3cnn(C)c3)n2)cc1. The number of benzene rings is 1. The zero-order valence-corrected chi connectivity index (χ0v) is 15.4. The van der Waals surface area contributed by atoms with Gasteiger partial charge in [0.15, 0.2) is 5.13 Å². The zero-order chi connectivity index (χ0) is 17.8. The van der Waals surface area contributed by atoms with Crippen LogP contribution < -0.4 is 5.32 Å². The molecule has 1 amide bonds. The summed E-state index contributed by atoms with van der Waals surface area (Å²) in [6.45, 7) is 3.03. The Morgan fingerprint density at radius 1 is 1.32 bits per heavy atom. The standard InChI is InChI=1S/C18H21N5OS/c1-13-4-6-15(7-5-13)16-12-25-18(20-16)21-17(24)11-22(2)9-14-8-19-23(3)10-14/h4-8,10,12H,9,11H2,1-3H3,(H,20,21,24). The van der Waals surface area contributed by atoms with Gasteiger partial charge in [-0.25, -0.2) is 4.98 Å². The molecule has 0 aliphatic rings. The van der Waals surface area contributed by atoms with E-state index in [1.54, 1.807) is 4.68 Å². The molecule has 0 spiro atoms. The first-order valence-electron chi connectivity index (χ1n) is 7.98. The minimum Gasteiger partial charge on any atom is -0.301 e. The molecule has 3 rings (SSSR count). The van der Waals surface area contributed by atoms with Crippen molar-refractivity contribution in [3.05, 3.63) is 53.2 Å². The Balaban J connectivity index is 1.55. The van der Waals surface area contributed by atoms with Crippen molar-refractivity contribution in [1.29, 1.82) is 0 Å². The van der Waals surface area contributed by atoms with Gasteiger partial charge < -0.3 is 5.32 Å². The summed E-state index contributed by atoms with van der Waals surface area (Å²) in [5.74, 6) is -0.0730. The molecular weight excluding hydrogens is 334 g/mol. The van der Waals surface area contributed by atoms with Crippen LogP contribution in [-0.4, -0.2) is 39.2 Å². The number of nitrogens with one attached hydrogen (secondary N) is 1. The largest absolute Gasteiger partial charge is 0.301 e. The highest BCUT2D eigenvalue weighted by atomic mass is 32.1. The van der Waals surface area contributed by atoms with Gasteiger partial charge in [-0.15, -0.1) is 11.3 Å². The number of likely N-dealkylation sites (N-methyl/N-ethyl adjacent to an activating group) is 1. The number of thiazole rings is 1. The van der Waals surface area contributed by atoms with E-state index in [1.807, 2.05) is 48.9 Å². The highest BCUT2D eigenvalue weighted by Crippen LogP contribution is 2.25. The number of nitrogens with zero attached hydrogens (tertiary/aromatic N) is 4. The van der Waals surface area contributed by atoms with Crippen LogP contribution in [0, 0.1) is 6.92 Å². The van der Waals surface area contributed by atoms with Crippen LogP contribution in [-0.2, 0) is 18.4 Å². The first-order valence-corrected chi connectivity index (χ1v) is 8.86. The molecule has 6 nitrogen and oxygen atoms in total. The Hall–Kier alpha value is -2.51. The average Bonchev–Trinajstić information content (AvgIpc) is 3.17. The lowest BCUT2D eigenvalue weighted by Gasteiger charge is -2.14. The second kappa shape index (κ2) is 7.58. The molecule has 2 heterocycles. The fraction of sp³-hybridized carbons (Fsp3) is 0.278.